The van der Waals surface area contributed by atoms with Crippen LogP contribution < -0.4 is 9.47 Å². The summed E-state index contributed by atoms with van der Waals surface area (Å²) < 4.78 is 56.4. The lowest BCUT2D eigenvalue weighted by molar-refractivity contribution is -0.158. The van der Waals surface area contributed by atoms with Crippen LogP contribution in [0.1, 0.15) is 74.8 Å². The highest BCUT2D eigenvalue weighted by Crippen LogP contribution is 2.38. The SMILES string of the molecule is CCCCC(Oc1ccc(OC(C)(C)C(=O)OCC)c(C)c1)c1sc(-c2ccc(C(F)(F)F)cc2)nc1C. The van der Waals surface area contributed by atoms with Crippen LogP contribution in [0.4, 0.5) is 13.2 Å². The van der Waals surface area contributed by atoms with Crippen molar-refractivity contribution in [1.29, 1.82) is 0 Å². The number of benzene rings is 2. The Labute approximate surface area is 226 Å². The third-order valence-electron chi connectivity index (χ3n) is 5.96. The normalized spacial score (nSPS) is 12.8. The van der Waals surface area contributed by atoms with Crippen molar-refractivity contribution in [3.05, 3.63) is 64.2 Å². The molecule has 3 rings (SSSR count). The number of alkyl halides is 3. The number of rotatable bonds is 11. The van der Waals surface area contributed by atoms with Crippen molar-refractivity contribution in [2.75, 3.05) is 6.61 Å². The number of thiazole rings is 1. The van der Waals surface area contributed by atoms with E-state index in [0.717, 1.165) is 47.5 Å². The molecule has 1 heterocycles. The fourth-order valence-electron chi connectivity index (χ4n) is 3.86. The van der Waals surface area contributed by atoms with Gasteiger partial charge in [-0.1, -0.05) is 25.5 Å². The molecular formula is C29H34F3NO4S. The lowest BCUT2D eigenvalue weighted by atomic mass is 10.1. The first-order valence-electron chi connectivity index (χ1n) is 12.6. The summed E-state index contributed by atoms with van der Waals surface area (Å²) >= 11 is 1.43. The summed E-state index contributed by atoms with van der Waals surface area (Å²) in [7, 11) is 0. The Morgan fingerprint density at radius 3 is 2.32 bits per heavy atom. The summed E-state index contributed by atoms with van der Waals surface area (Å²) in [6.45, 7) is 11.2. The molecule has 0 radical (unpaired) electrons. The average Bonchev–Trinajstić information content (AvgIpc) is 3.24. The van der Waals surface area contributed by atoms with Crippen LogP contribution in [0.15, 0.2) is 42.5 Å². The maximum Gasteiger partial charge on any atom is 0.416 e. The first-order valence-corrected chi connectivity index (χ1v) is 13.5. The van der Waals surface area contributed by atoms with Crippen molar-refractivity contribution in [2.24, 2.45) is 0 Å². The summed E-state index contributed by atoms with van der Waals surface area (Å²) in [5.41, 5.74) is 0.404. The summed E-state index contributed by atoms with van der Waals surface area (Å²) in [4.78, 5) is 17.8. The molecule has 1 atom stereocenters. The minimum absolute atomic E-state index is 0.266. The second-order valence-corrected chi connectivity index (χ2v) is 10.6. The highest BCUT2D eigenvalue weighted by atomic mass is 32.1. The van der Waals surface area contributed by atoms with Gasteiger partial charge in [0.05, 0.1) is 22.7 Å². The highest BCUT2D eigenvalue weighted by Gasteiger charge is 2.32. The molecule has 0 amide bonds. The number of ether oxygens (including phenoxy) is 3. The molecule has 0 aliphatic carbocycles. The zero-order valence-electron chi connectivity index (χ0n) is 22.6. The molecule has 1 aromatic heterocycles. The minimum Gasteiger partial charge on any atom is -0.485 e. The Morgan fingerprint density at radius 2 is 1.74 bits per heavy atom. The Morgan fingerprint density at radius 1 is 1.05 bits per heavy atom. The fourth-order valence-corrected chi connectivity index (χ4v) is 5.00. The van der Waals surface area contributed by atoms with Crippen LogP contribution in [-0.2, 0) is 15.7 Å². The molecule has 9 heteroatoms. The van der Waals surface area contributed by atoms with E-state index in [1.165, 1.54) is 23.5 Å². The predicted octanol–water partition coefficient (Wildman–Crippen LogP) is 8.48. The second kappa shape index (κ2) is 12.2. The van der Waals surface area contributed by atoms with E-state index in [4.69, 9.17) is 14.2 Å². The number of hydrogen-bond acceptors (Lipinski definition) is 6. The molecule has 0 saturated carbocycles. The average molecular weight is 550 g/mol. The highest BCUT2D eigenvalue weighted by molar-refractivity contribution is 7.15. The third kappa shape index (κ3) is 7.28. The van der Waals surface area contributed by atoms with Crippen molar-refractivity contribution in [1.82, 2.24) is 4.98 Å². The van der Waals surface area contributed by atoms with Gasteiger partial charge in [-0.15, -0.1) is 11.3 Å². The number of halogens is 3. The molecule has 0 spiro atoms. The molecule has 0 aliphatic heterocycles. The van der Waals surface area contributed by atoms with Gasteiger partial charge in [0.25, 0.3) is 0 Å². The van der Waals surface area contributed by atoms with E-state index >= 15 is 0 Å². The molecule has 0 bridgehead atoms. The van der Waals surface area contributed by atoms with Crippen molar-refractivity contribution < 1.29 is 32.2 Å². The van der Waals surface area contributed by atoms with Gasteiger partial charge in [0.15, 0.2) is 5.60 Å². The van der Waals surface area contributed by atoms with E-state index in [1.807, 2.05) is 19.9 Å². The molecular weight excluding hydrogens is 515 g/mol. The van der Waals surface area contributed by atoms with E-state index in [0.29, 0.717) is 22.1 Å². The predicted molar refractivity (Wildman–Crippen MR) is 143 cm³/mol. The van der Waals surface area contributed by atoms with Crippen LogP contribution in [0, 0.1) is 13.8 Å². The topological polar surface area (TPSA) is 57.7 Å². The zero-order chi connectivity index (χ0) is 28.1. The molecule has 206 valence electrons. The molecule has 5 nitrogen and oxygen atoms in total. The third-order valence-corrected chi connectivity index (χ3v) is 7.26. The van der Waals surface area contributed by atoms with Gasteiger partial charge in [-0.3, -0.25) is 0 Å². The zero-order valence-corrected chi connectivity index (χ0v) is 23.4. The number of hydrogen-bond donors (Lipinski definition) is 0. The quantitative estimate of drug-likeness (QED) is 0.225. The van der Waals surface area contributed by atoms with Crippen molar-refractivity contribution in [2.45, 2.75) is 78.7 Å². The molecule has 0 fully saturated rings. The van der Waals surface area contributed by atoms with Gasteiger partial charge >= 0.3 is 12.1 Å². The number of nitrogens with zero attached hydrogens (tertiary/aromatic N) is 1. The Kier molecular flexibility index (Phi) is 9.46. The monoisotopic (exact) mass is 549 g/mol. The van der Waals surface area contributed by atoms with Crippen molar-refractivity contribution in [3.63, 3.8) is 0 Å². The fraction of sp³-hybridized carbons (Fsp3) is 0.448. The van der Waals surface area contributed by atoms with Gasteiger partial charge in [0, 0.05) is 5.56 Å². The largest absolute Gasteiger partial charge is 0.485 e. The summed E-state index contributed by atoms with van der Waals surface area (Å²) in [6, 6.07) is 10.5. The van der Waals surface area contributed by atoms with Gasteiger partial charge in [-0.25, -0.2) is 9.78 Å². The summed E-state index contributed by atoms with van der Waals surface area (Å²) in [5.74, 6) is 0.761. The lowest BCUT2D eigenvalue weighted by Gasteiger charge is -2.25. The van der Waals surface area contributed by atoms with Gasteiger partial charge in [-0.05, 0) is 83.4 Å². The number of carbonyl (C=O) groups is 1. The maximum absolute atomic E-state index is 13.0. The van der Waals surface area contributed by atoms with Crippen LogP contribution in [0.2, 0.25) is 0 Å². The molecule has 2 aromatic carbocycles. The van der Waals surface area contributed by atoms with E-state index < -0.39 is 23.3 Å². The summed E-state index contributed by atoms with van der Waals surface area (Å²) in [6.07, 6.45) is -1.96. The van der Waals surface area contributed by atoms with Gasteiger partial charge in [0.2, 0.25) is 0 Å². The van der Waals surface area contributed by atoms with E-state index in [9.17, 15) is 18.0 Å². The molecule has 38 heavy (non-hydrogen) atoms. The second-order valence-electron chi connectivity index (χ2n) is 9.55. The van der Waals surface area contributed by atoms with Crippen molar-refractivity contribution >= 4 is 17.3 Å². The van der Waals surface area contributed by atoms with Gasteiger partial charge < -0.3 is 14.2 Å². The Hall–Kier alpha value is -3.07. The summed E-state index contributed by atoms with van der Waals surface area (Å²) in [5, 5.41) is 0.650. The number of unbranched alkanes of at least 4 members (excludes halogenated alkanes) is 1. The van der Waals surface area contributed by atoms with E-state index in [2.05, 4.69) is 11.9 Å². The molecule has 1 unspecified atom stereocenters. The molecule has 0 N–H and O–H groups in total. The first kappa shape index (κ1) is 29.5. The Balaban J connectivity index is 1.83. The maximum atomic E-state index is 13.0. The van der Waals surface area contributed by atoms with E-state index in [1.54, 1.807) is 32.9 Å². The van der Waals surface area contributed by atoms with Crippen LogP contribution >= 0.6 is 11.3 Å². The van der Waals surface area contributed by atoms with Crippen LogP contribution in [0.5, 0.6) is 11.5 Å². The van der Waals surface area contributed by atoms with Crippen LogP contribution in [-0.4, -0.2) is 23.2 Å². The van der Waals surface area contributed by atoms with Gasteiger partial charge in [-0.2, -0.15) is 13.2 Å². The molecule has 0 aliphatic rings. The number of carbonyl (C=O) groups excluding carboxylic acids is 1. The number of aromatic nitrogens is 1. The molecule has 3 aromatic rings. The van der Waals surface area contributed by atoms with E-state index in [-0.39, 0.29) is 12.7 Å². The van der Waals surface area contributed by atoms with Gasteiger partial charge in [0.1, 0.15) is 22.6 Å². The van der Waals surface area contributed by atoms with Crippen LogP contribution in [0.3, 0.4) is 0 Å². The van der Waals surface area contributed by atoms with Crippen molar-refractivity contribution in [3.8, 4) is 22.1 Å². The van der Waals surface area contributed by atoms with Crippen LogP contribution in [0.25, 0.3) is 10.6 Å². The standard InChI is InChI=1S/C29H34F3NO4S/c1-7-9-10-24(25-19(4)33-26(38-25)20-11-13-21(14-12-20)29(30,31)32)36-22-15-16-23(18(3)17-22)37-28(5,6)27(34)35-8-2/h11-17,24H,7-10H2,1-6H3. The number of esters is 1. The molecule has 0 saturated heterocycles. The smallest absolute Gasteiger partial charge is 0.416 e. The lowest BCUT2D eigenvalue weighted by Crippen LogP contribution is -2.39. The minimum atomic E-state index is -4.38. The number of aryl methyl sites for hydroxylation is 2. The first-order chi connectivity index (χ1) is 17.9. The Bertz CT molecular complexity index is 1240.